The van der Waals surface area contributed by atoms with E-state index in [9.17, 15) is 4.79 Å². The Bertz CT molecular complexity index is 318. The Hall–Kier alpha value is -1.29. The van der Waals surface area contributed by atoms with Gasteiger partial charge in [-0.05, 0) is 37.4 Å². The van der Waals surface area contributed by atoms with E-state index in [1.807, 2.05) is 12.1 Å². The van der Waals surface area contributed by atoms with E-state index in [4.69, 9.17) is 4.42 Å². The van der Waals surface area contributed by atoms with E-state index in [1.165, 1.54) is 12.8 Å². The van der Waals surface area contributed by atoms with Gasteiger partial charge in [-0.3, -0.25) is 4.79 Å². The van der Waals surface area contributed by atoms with Gasteiger partial charge >= 0.3 is 0 Å². The molecule has 88 valence electrons. The fraction of sp³-hybridized carbons (Fsp3) is 0.583. The highest BCUT2D eigenvalue weighted by atomic mass is 16.3. The summed E-state index contributed by atoms with van der Waals surface area (Å²) >= 11 is 0. The zero-order valence-electron chi connectivity index (χ0n) is 9.37. The molecule has 1 fully saturated rings. The number of rotatable bonds is 7. The second-order valence-electron chi connectivity index (χ2n) is 4.25. The van der Waals surface area contributed by atoms with Crippen LogP contribution in [0.2, 0.25) is 0 Å². The van der Waals surface area contributed by atoms with E-state index < -0.39 is 0 Å². The van der Waals surface area contributed by atoms with Crippen molar-refractivity contribution in [2.24, 2.45) is 5.92 Å². The van der Waals surface area contributed by atoms with Crippen LogP contribution in [-0.2, 0) is 11.2 Å². The van der Waals surface area contributed by atoms with Gasteiger partial charge in [-0.25, -0.2) is 0 Å². The average molecular weight is 222 g/mol. The highest BCUT2D eigenvalue weighted by molar-refractivity contribution is 5.77. The van der Waals surface area contributed by atoms with E-state index in [0.29, 0.717) is 13.1 Å². The van der Waals surface area contributed by atoms with Crippen LogP contribution in [0.5, 0.6) is 0 Å². The second kappa shape index (κ2) is 5.70. The van der Waals surface area contributed by atoms with E-state index in [-0.39, 0.29) is 5.91 Å². The molecule has 1 heterocycles. The first-order valence-electron chi connectivity index (χ1n) is 5.84. The molecule has 1 amide bonds. The molecular weight excluding hydrogens is 204 g/mol. The highest BCUT2D eigenvalue weighted by Crippen LogP contribution is 2.27. The van der Waals surface area contributed by atoms with Crippen LogP contribution in [0, 0.1) is 5.92 Å². The zero-order valence-corrected chi connectivity index (χ0v) is 9.37. The van der Waals surface area contributed by atoms with Gasteiger partial charge in [0.05, 0.1) is 12.8 Å². The third kappa shape index (κ3) is 4.06. The molecule has 4 heteroatoms. The molecule has 0 spiro atoms. The first-order valence-corrected chi connectivity index (χ1v) is 5.84. The molecule has 0 aromatic carbocycles. The van der Waals surface area contributed by atoms with Crippen LogP contribution in [0.15, 0.2) is 22.8 Å². The summed E-state index contributed by atoms with van der Waals surface area (Å²) in [4.78, 5) is 11.4. The first-order chi connectivity index (χ1) is 7.84. The van der Waals surface area contributed by atoms with Crippen LogP contribution in [0.4, 0.5) is 0 Å². The molecule has 16 heavy (non-hydrogen) atoms. The van der Waals surface area contributed by atoms with Crippen LogP contribution >= 0.6 is 0 Å². The average Bonchev–Trinajstić information content (AvgIpc) is 2.94. The van der Waals surface area contributed by atoms with Crippen molar-refractivity contribution in [3.63, 3.8) is 0 Å². The van der Waals surface area contributed by atoms with E-state index in [2.05, 4.69) is 10.6 Å². The molecule has 1 saturated carbocycles. The number of hydrogen-bond donors (Lipinski definition) is 2. The van der Waals surface area contributed by atoms with Gasteiger partial charge in [0.15, 0.2) is 0 Å². The molecule has 0 saturated heterocycles. The van der Waals surface area contributed by atoms with E-state index >= 15 is 0 Å². The number of nitrogens with one attached hydrogen (secondary N) is 2. The minimum absolute atomic E-state index is 0.0622. The van der Waals surface area contributed by atoms with Gasteiger partial charge in [0, 0.05) is 13.0 Å². The Morgan fingerprint density at radius 3 is 3.06 bits per heavy atom. The van der Waals surface area contributed by atoms with Crippen molar-refractivity contribution in [3.8, 4) is 0 Å². The lowest BCUT2D eigenvalue weighted by Crippen LogP contribution is -2.35. The van der Waals surface area contributed by atoms with Crippen molar-refractivity contribution < 1.29 is 9.21 Å². The van der Waals surface area contributed by atoms with Crippen molar-refractivity contribution >= 4 is 5.91 Å². The monoisotopic (exact) mass is 222 g/mol. The summed E-state index contributed by atoms with van der Waals surface area (Å²) in [6.07, 6.45) is 5.02. The van der Waals surface area contributed by atoms with Crippen LogP contribution in [-0.4, -0.2) is 25.5 Å². The maximum atomic E-state index is 11.4. The SMILES string of the molecule is O=C(CNCC1CC1)NCCc1ccco1. The molecule has 0 aliphatic heterocycles. The van der Waals surface area contributed by atoms with Gasteiger partial charge in [-0.15, -0.1) is 0 Å². The van der Waals surface area contributed by atoms with Crippen molar-refractivity contribution in [3.05, 3.63) is 24.2 Å². The zero-order chi connectivity index (χ0) is 11.2. The number of carbonyl (C=O) groups excluding carboxylic acids is 1. The summed E-state index contributed by atoms with van der Waals surface area (Å²) in [6.45, 7) is 2.04. The summed E-state index contributed by atoms with van der Waals surface area (Å²) in [6, 6.07) is 3.77. The van der Waals surface area contributed by atoms with Crippen molar-refractivity contribution in [2.75, 3.05) is 19.6 Å². The largest absolute Gasteiger partial charge is 0.469 e. The predicted octanol–water partition coefficient (Wildman–Crippen LogP) is 0.938. The Labute approximate surface area is 95.4 Å². The summed E-state index contributed by atoms with van der Waals surface area (Å²) in [5.74, 6) is 1.79. The molecule has 0 radical (unpaired) electrons. The molecule has 2 N–H and O–H groups in total. The Morgan fingerprint density at radius 1 is 1.50 bits per heavy atom. The van der Waals surface area contributed by atoms with Crippen molar-refractivity contribution in [2.45, 2.75) is 19.3 Å². The maximum Gasteiger partial charge on any atom is 0.233 e. The van der Waals surface area contributed by atoms with Crippen molar-refractivity contribution in [1.82, 2.24) is 10.6 Å². The van der Waals surface area contributed by atoms with Gasteiger partial charge < -0.3 is 15.1 Å². The molecular formula is C12H18N2O2. The molecule has 0 atom stereocenters. The number of hydrogen-bond acceptors (Lipinski definition) is 3. The summed E-state index contributed by atoms with van der Waals surface area (Å²) in [5.41, 5.74) is 0. The lowest BCUT2D eigenvalue weighted by atomic mass is 10.3. The molecule has 1 aliphatic carbocycles. The Balaban J connectivity index is 1.49. The smallest absolute Gasteiger partial charge is 0.233 e. The molecule has 0 unspecified atom stereocenters. The number of furan rings is 1. The summed E-state index contributed by atoms with van der Waals surface area (Å²) in [5, 5.41) is 6.01. The summed E-state index contributed by atoms with van der Waals surface area (Å²) < 4.78 is 5.17. The van der Waals surface area contributed by atoms with Crippen LogP contribution in [0.1, 0.15) is 18.6 Å². The Kier molecular flexibility index (Phi) is 3.99. The van der Waals surface area contributed by atoms with E-state index in [1.54, 1.807) is 6.26 Å². The fourth-order valence-electron chi connectivity index (χ4n) is 1.55. The molecule has 1 aromatic rings. The lowest BCUT2D eigenvalue weighted by Gasteiger charge is -2.05. The molecule has 4 nitrogen and oxygen atoms in total. The van der Waals surface area contributed by atoms with Crippen LogP contribution < -0.4 is 10.6 Å². The predicted molar refractivity (Wildman–Crippen MR) is 61.0 cm³/mol. The van der Waals surface area contributed by atoms with Gasteiger partial charge in [0.2, 0.25) is 5.91 Å². The van der Waals surface area contributed by atoms with Gasteiger partial charge in [-0.2, -0.15) is 0 Å². The van der Waals surface area contributed by atoms with Gasteiger partial charge in [-0.1, -0.05) is 0 Å². The molecule has 0 bridgehead atoms. The number of amides is 1. The molecule has 2 rings (SSSR count). The maximum absolute atomic E-state index is 11.4. The number of carbonyl (C=O) groups is 1. The topological polar surface area (TPSA) is 54.3 Å². The quantitative estimate of drug-likeness (QED) is 0.722. The third-order valence-corrected chi connectivity index (χ3v) is 2.69. The van der Waals surface area contributed by atoms with Gasteiger partial charge in [0.1, 0.15) is 5.76 Å². The summed E-state index contributed by atoms with van der Waals surface area (Å²) in [7, 11) is 0. The minimum atomic E-state index is 0.0622. The van der Waals surface area contributed by atoms with Crippen LogP contribution in [0.3, 0.4) is 0 Å². The second-order valence-corrected chi connectivity index (χ2v) is 4.25. The highest BCUT2D eigenvalue weighted by Gasteiger charge is 2.20. The van der Waals surface area contributed by atoms with Crippen molar-refractivity contribution in [1.29, 1.82) is 0 Å². The third-order valence-electron chi connectivity index (χ3n) is 2.69. The van der Waals surface area contributed by atoms with Gasteiger partial charge in [0.25, 0.3) is 0 Å². The lowest BCUT2D eigenvalue weighted by molar-refractivity contribution is -0.120. The minimum Gasteiger partial charge on any atom is -0.469 e. The fourth-order valence-corrected chi connectivity index (χ4v) is 1.55. The van der Waals surface area contributed by atoms with Crippen LogP contribution in [0.25, 0.3) is 0 Å². The first kappa shape index (κ1) is 11.2. The normalized spacial score (nSPS) is 15.0. The van der Waals surface area contributed by atoms with E-state index in [0.717, 1.165) is 24.6 Å². The Morgan fingerprint density at radius 2 is 2.38 bits per heavy atom. The molecule has 1 aromatic heterocycles. The molecule has 1 aliphatic rings. The standard InChI is InChI=1S/C12H18N2O2/c15-12(9-13-8-10-3-4-10)14-6-5-11-2-1-7-16-11/h1-2,7,10,13H,3-6,8-9H2,(H,14,15).